The molecule has 18 heavy (non-hydrogen) atoms. The molecule has 0 aliphatic rings. The van der Waals surface area contributed by atoms with Gasteiger partial charge in [0, 0.05) is 6.07 Å². The molecule has 92 valence electrons. The predicted octanol–water partition coefficient (Wildman–Crippen LogP) is 4.10. The first kappa shape index (κ1) is 12.7. The van der Waals surface area contributed by atoms with Crippen molar-refractivity contribution in [1.29, 1.82) is 0 Å². The molecule has 1 aromatic carbocycles. The van der Waals surface area contributed by atoms with Crippen molar-refractivity contribution in [1.82, 2.24) is 4.98 Å². The first-order valence-corrected chi connectivity index (χ1v) is 5.51. The molecule has 1 heterocycles. The summed E-state index contributed by atoms with van der Waals surface area (Å²) in [5.74, 6) is -0.619. The van der Waals surface area contributed by atoms with E-state index in [4.69, 9.17) is 23.2 Å². The Hall–Kier alpha value is -1.72. The van der Waals surface area contributed by atoms with Crippen LogP contribution < -0.4 is 0 Å². The highest BCUT2D eigenvalue weighted by molar-refractivity contribution is 6.33. The molecular formula is C11H5Cl2FN2O2. The van der Waals surface area contributed by atoms with Crippen LogP contribution in [0.3, 0.4) is 0 Å². The Morgan fingerprint density at radius 3 is 2.61 bits per heavy atom. The molecule has 0 saturated heterocycles. The molecule has 0 spiro atoms. The zero-order valence-corrected chi connectivity index (χ0v) is 10.2. The standard InChI is InChI=1S/C11H5Cl2FN2O2/c12-7-2-1-3-8(14)11(7)9-4-6(16(17)18)5-10(13)15-9/h1-5H. The molecule has 2 rings (SSSR count). The lowest BCUT2D eigenvalue weighted by Gasteiger charge is -2.05. The molecule has 0 bridgehead atoms. The van der Waals surface area contributed by atoms with Gasteiger partial charge in [0.25, 0.3) is 5.69 Å². The minimum atomic E-state index is -0.633. The maximum Gasteiger partial charge on any atom is 0.274 e. The SMILES string of the molecule is O=[N+]([O-])c1cc(Cl)nc(-c2c(F)cccc2Cl)c1. The van der Waals surface area contributed by atoms with Gasteiger partial charge in [0.05, 0.1) is 27.3 Å². The van der Waals surface area contributed by atoms with E-state index < -0.39 is 10.7 Å². The first-order valence-electron chi connectivity index (χ1n) is 4.75. The number of nitrogens with zero attached hydrogens (tertiary/aromatic N) is 2. The van der Waals surface area contributed by atoms with Crippen LogP contribution >= 0.6 is 23.2 Å². The Balaban J connectivity index is 2.68. The van der Waals surface area contributed by atoms with Crippen molar-refractivity contribution in [3.05, 3.63) is 56.4 Å². The second-order valence-corrected chi connectivity index (χ2v) is 4.18. The Kier molecular flexibility index (Phi) is 3.45. The Bertz CT molecular complexity index is 614. The van der Waals surface area contributed by atoms with Crippen molar-refractivity contribution in [2.45, 2.75) is 0 Å². The van der Waals surface area contributed by atoms with Crippen molar-refractivity contribution in [2.24, 2.45) is 0 Å². The molecule has 2 aromatic rings. The minimum absolute atomic E-state index is 0.00948. The number of rotatable bonds is 2. The lowest BCUT2D eigenvalue weighted by molar-refractivity contribution is -0.384. The molecule has 4 nitrogen and oxygen atoms in total. The summed E-state index contributed by atoms with van der Waals surface area (Å²) in [6.07, 6.45) is 0. The highest BCUT2D eigenvalue weighted by atomic mass is 35.5. The number of halogens is 3. The van der Waals surface area contributed by atoms with Crippen LogP contribution in [0, 0.1) is 15.9 Å². The molecule has 7 heteroatoms. The highest BCUT2D eigenvalue weighted by Crippen LogP contribution is 2.32. The van der Waals surface area contributed by atoms with E-state index in [1.165, 1.54) is 18.2 Å². The summed E-state index contributed by atoms with van der Waals surface area (Å²) in [5.41, 5.74) is -0.258. The Labute approximate surface area is 111 Å². The summed E-state index contributed by atoms with van der Waals surface area (Å²) in [6, 6.07) is 6.29. The third kappa shape index (κ3) is 2.42. The van der Waals surface area contributed by atoms with Crippen LogP contribution in [0.5, 0.6) is 0 Å². The first-order chi connectivity index (χ1) is 8.49. The number of aromatic nitrogens is 1. The molecule has 1 aromatic heterocycles. The van der Waals surface area contributed by atoms with Gasteiger partial charge >= 0.3 is 0 Å². The number of hydrogen-bond donors (Lipinski definition) is 0. The Morgan fingerprint density at radius 1 is 1.28 bits per heavy atom. The van der Waals surface area contributed by atoms with E-state index in [1.54, 1.807) is 0 Å². The highest BCUT2D eigenvalue weighted by Gasteiger charge is 2.16. The molecule has 0 N–H and O–H groups in total. The average molecular weight is 287 g/mol. The molecule has 0 aliphatic heterocycles. The predicted molar refractivity (Wildman–Crippen MR) is 66.3 cm³/mol. The molecule has 0 amide bonds. The van der Waals surface area contributed by atoms with E-state index in [0.29, 0.717) is 0 Å². The van der Waals surface area contributed by atoms with Crippen LogP contribution in [0.15, 0.2) is 30.3 Å². The van der Waals surface area contributed by atoms with Gasteiger partial charge in [-0.2, -0.15) is 0 Å². The summed E-state index contributed by atoms with van der Waals surface area (Å²) in [7, 11) is 0. The molecule has 0 radical (unpaired) electrons. The summed E-state index contributed by atoms with van der Waals surface area (Å²) in [6.45, 7) is 0. The number of benzene rings is 1. The quantitative estimate of drug-likeness (QED) is 0.474. The largest absolute Gasteiger partial charge is 0.274 e. The zero-order chi connectivity index (χ0) is 13.3. The Morgan fingerprint density at radius 2 is 2.00 bits per heavy atom. The fourth-order valence-corrected chi connectivity index (χ4v) is 1.92. The van der Waals surface area contributed by atoms with Crippen molar-refractivity contribution in [3.8, 4) is 11.3 Å². The minimum Gasteiger partial charge on any atom is -0.258 e. The normalized spacial score (nSPS) is 10.4. The lowest BCUT2D eigenvalue weighted by Crippen LogP contribution is -1.94. The molecular weight excluding hydrogens is 282 g/mol. The zero-order valence-electron chi connectivity index (χ0n) is 8.73. The van der Waals surface area contributed by atoms with E-state index in [9.17, 15) is 14.5 Å². The second kappa shape index (κ2) is 4.88. The van der Waals surface area contributed by atoms with Gasteiger partial charge in [-0.1, -0.05) is 29.3 Å². The van der Waals surface area contributed by atoms with Gasteiger partial charge in [0.2, 0.25) is 0 Å². The summed E-state index contributed by atoms with van der Waals surface area (Å²) in [5, 5.41) is 10.7. The third-order valence-electron chi connectivity index (χ3n) is 2.21. The smallest absolute Gasteiger partial charge is 0.258 e. The maximum absolute atomic E-state index is 13.7. The van der Waals surface area contributed by atoms with E-state index in [0.717, 1.165) is 12.1 Å². The van der Waals surface area contributed by atoms with E-state index in [1.807, 2.05) is 0 Å². The van der Waals surface area contributed by atoms with Gasteiger partial charge in [0.1, 0.15) is 11.0 Å². The van der Waals surface area contributed by atoms with Gasteiger partial charge in [-0.15, -0.1) is 0 Å². The molecule has 0 saturated carbocycles. The van der Waals surface area contributed by atoms with Crippen LogP contribution in [0.25, 0.3) is 11.3 Å². The number of hydrogen-bond acceptors (Lipinski definition) is 3. The lowest BCUT2D eigenvalue weighted by atomic mass is 10.1. The van der Waals surface area contributed by atoms with Crippen molar-refractivity contribution in [2.75, 3.05) is 0 Å². The molecule has 0 aliphatic carbocycles. The van der Waals surface area contributed by atoms with Crippen LogP contribution in [-0.4, -0.2) is 9.91 Å². The van der Waals surface area contributed by atoms with Crippen LogP contribution in [0.1, 0.15) is 0 Å². The third-order valence-corrected chi connectivity index (χ3v) is 2.72. The van der Waals surface area contributed by atoms with Gasteiger partial charge < -0.3 is 0 Å². The monoisotopic (exact) mass is 286 g/mol. The van der Waals surface area contributed by atoms with Gasteiger partial charge in [-0.05, 0) is 12.1 Å². The van der Waals surface area contributed by atoms with Crippen molar-refractivity contribution < 1.29 is 9.31 Å². The van der Waals surface area contributed by atoms with E-state index in [-0.39, 0.29) is 27.1 Å². The summed E-state index contributed by atoms with van der Waals surface area (Å²) in [4.78, 5) is 13.9. The van der Waals surface area contributed by atoms with Crippen LogP contribution in [0.4, 0.5) is 10.1 Å². The molecule has 0 unspecified atom stereocenters. The van der Waals surface area contributed by atoms with E-state index >= 15 is 0 Å². The van der Waals surface area contributed by atoms with Crippen LogP contribution in [-0.2, 0) is 0 Å². The van der Waals surface area contributed by atoms with Crippen molar-refractivity contribution in [3.63, 3.8) is 0 Å². The fourth-order valence-electron chi connectivity index (χ4n) is 1.46. The van der Waals surface area contributed by atoms with Gasteiger partial charge in [-0.3, -0.25) is 10.1 Å². The maximum atomic E-state index is 13.7. The van der Waals surface area contributed by atoms with Gasteiger partial charge in [-0.25, -0.2) is 9.37 Å². The van der Waals surface area contributed by atoms with Crippen LogP contribution in [0.2, 0.25) is 10.2 Å². The average Bonchev–Trinajstić information content (AvgIpc) is 2.28. The van der Waals surface area contributed by atoms with Crippen molar-refractivity contribution >= 4 is 28.9 Å². The summed E-state index contributed by atoms with van der Waals surface area (Å²) >= 11 is 11.5. The molecule has 0 fully saturated rings. The number of pyridine rings is 1. The molecule has 0 atom stereocenters. The van der Waals surface area contributed by atoms with E-state index in [2.05, 4.69) is 4.98 Å². The number of nitro groups is 1. The second-order valence-electron chi connectivity index (χ2n) is 3.39. The van der Waals surface area contributed by atoms with Gasteiger partial charge in [0.15, 0.2) is 0 Å². The topological polar surface area (TPSA) is 56.0 Å². The summed E-state index contributed by atoms with van der Waals surface area (Å²) < 4.78 is 13.7. The fraction of sp³-hybridized carbons (Fsp3) is 0.